The average Bonchev–Trinajstić information content (AvgIpc) is 3.33. The fourth-order valence-electron chi connectivity index (χ4n) is 4.27. The molecule has 5 aromatic rings. The lowest BCUT2D eigenvalue weighted by molar-refractivity contribution is 0.0934. The summed E-state index contributed by atoms with van der Waals surface area (Å²) in [6.45, 7) is 5.87. The van der Waals surface area contributed by atoms with Gasteiger partial charge >= 0.3 is 0 Å². The third-order valence-electron chi connectivity index (χ3n) is 6.51. The molecule has 2 unspecified atom stereocenters. The summed E-state index contributed by atoms with van der Waals surface area (Å²) in [5.41, 5.74) is 4.28. The van der Waals surface area contributed by atoms with E-state index in [1.165, 1.54) is 0 Å². The van der Waals surface area contributed by atoms with E-state index >= 15 is 0 Å². The number of amides is 2. The number of hydrogen-bond donors (Lipinski definition) is 2. The first kappa shape index (κ1) is 24.8. The molecule has 8 heteroatoms. The van der Waals surface area contributed by atoms with Crippen LogP contribution in [0.25, 0.3) is 11.0 Å². The number of carbonyl (C=O) groups is 2. The molecule has 0 spiro atoms. The van der Waals surface area contributed by atoms with E-state index < -0.39 is 0 Å². The first-order valence-corrected chi connectivity index (χ1v) is 12.4. The Balaban J connectivity index is 1.51. The molecular weight excluding hydrogens is 476 g/mol. The number of rotatable bonds is 7. The van der Waals surface area contributed by atoms with Crippen LogP contribution in [0, 0.1) is 6.92 Å². The van der Waals surface area contributed by atoms with Crippen molar-refractivity contribution in [1.82, 2.24) is 25.1 Å². The molecule has 0 radical (unpaired) electrons. The van der Waals surface area contributed by atoms with Crippen molar-refractivity contribution in [3.05, 3.63) is 119 Å². The molecule has 38 heavy (non-hydrogen) atoms. The molecule has 0 saturated carbocycles. The van der Waals surface area contributed by atoms with Gasteiger partial charge in [0.2, 0.25) is 0 Å². The maximum absolute atomic E-state index is 13.4. The molecule has 2 atom stereocenters. The highest BCUT2D eigenvalue weighted by Gasteiger charge is 2.24. The molecule has 2 amide bonds. The Kier molecular flexibility index (Phi) is 6.95. The zero-order valence-electron chi connectivity index (χ0n) is 21.4. The predicted octanol–water partition coefficient (Wildman–Crippen LogP) is 5.49. The quantitative estimate of drug-likeness (QED) is 0.305. The highest BCUT2D eigenvalue weighted by molar-refractivity contribution is 6.06. The van der Waals surface area contributed by atoms with Crippen molar-refractivity contribution in [2.75, 3.05) is 5.32 Å². The molecule has 8 nitrogen and oxygen atoms in total. The maximum Gasteiger partial charge on any atom is 0.272 e. The first-order valence-electron chi connectivity index (χ1n) is 12.4. The molecule has 3 heterocycles. The third-order valence-corrected chi connectivity index (χ3v) is 6.51. The molecule has 0 aliphatic heterocycles. The topological polar surface area (TPSA) is 102 Å². The second-order valence-corrected chi connectivity index (χ2v) is 9.25. The Morgan fingerprint density at radius 1 is 0.842 bits per heavy atom. The van der Waals surface area contributed by atoms with Crippen molar-refractivity contribution < 1.29 is 9.59 Å². The number of benzene rings is 2. The molecule has 0 aliphatic carbocycles. The minimum absolute atomic E-state index is 0.202. The van der Waals surface area contributed by atoms with Crippen molar-refractivity contribution in [3.8, 4) is 0 Å². The van der Waals surface area contributed by atoms with Crippen molar-refractivity contribution in [2.45, 2.75) is 32.9 Å². The van der Waals surface area contributed by atoms with Gasteiger partial charge in [0, 0.05) is 18.0 Å². The van der Waals surface area contributed by atoms with Crippen LogP contribution in [0.3, 0.4) is 0 Å². The van der Waals surface area contributed by atoms with Gasteiger partial charge in [-0.15, -0.1) is 0 Å². The monoisotopic (exact) mass is 504 g/mol. The van der Waals surface area contributed by atoms with E-state index in [0.29, 0.717) is 22.4 Å². The van der Waals surface area contributed by atoms with Gasteiger partial charge in [-0.2, -0.15) is 5.10 Å². The highest BCUT2D eigenvalue weighted by atomic mass is 16.2. The molecule has 5 rings (SSSR count). The van der Waals surface area contributed by atoms with Crippen LogP contribution in [0.4, 0.5) is 5.82 Å². The lowest BCUT2D eigenvalue weighted by Gasteiger charge is -2.14. The van der Waals surface area contributed by atoms with E-state index in [-0.39, 0.29) is 29.6 Å². The Morgan fingerprint density at radius 3 is 2.29 bits per heavy atom. The van der Waals surface area contributed by atoms with Gasteiger partial charge in [0.05, 0.1) is 17.5 Å². The number of anilines is 1. The summed E-state index contributed by atoms with van der Waals surface area (Å²) in [5.74, 6) is -0.203. The smallest absolute Gasteiger partial charge is 0.272 e. The van der Waals surface area contributed by atoms with E-state index in [0.717, 1.165) is 16.7 Å². The molecule has 2 aromatic carbocycles. The summed E-state index contributed by atoms with van der Waals surface area (Å²) in [4.78, 5) is 35.1. The largest absolute Gasteiger partial charge is 0.344 e. The Labute approximate surface area is 220 Å². The molecule has 2 N–H and O–H groups in total. The van der Waals surface area contributed by atoms with E-state index in [1.54, 1.807) is 41.3 Å². The molecule has 0 fully saturated rings. The van der Waals surface area contributed by atoms with Gasteiger partial charge in [-0.25, -0.2) is 9.67 Å². The second-order valence-electron chi connectivity index (χ2n) is 9.25. The Bertz CT molecular complexity index is 1580. The van der Waals surface area contributed by atoms with Gasteiger partial charge in [-0.1, -0.05) is 54.1 Å². The number of aryl methyl sites for hydroxylation is 1. The zero-order valence-corrected chi connectivity index (χ0v) is 21.4. The van der Waals surface area contributed by atoms with Gasteiger partial charge < -0.3 is 10.6 Å². The van der Waals surface area contributed by atoms with Crippen LogP contribution in [-0.2, 0) is 0 Å². The summed E-state index contributed by atoms with van der Waals surface area (Å²) < 4.78 is 1.73. The first-order chi connectivity index (χ1) is 18.4. The van der Waals surface area contributed by atoms with Crippen LogP contribution < -0.4 is 10.6 Å². The molecule has 3 aromatic heterocycles. The zero-order chi connectivity index (χ0) is 26.6. The number of fused-ring (bicyclic) bond motifs is 1. The van der Waals surface area contributed by atoms with Crippen molar-refractivity contribution in [1.29, 1.82) is 0 Å². The van der Waals surface area contributed by atoms with Crippen molar-refractivity contribution in [2.24, 2.45) is 0 Å². The minimum atomic E-state index is -0.316. The van der Waals surface area contributed by atoms with E-state index in [4.69, 9.17) is 10.1 Å². The van der Waals surface area contributed by atoms with Gasteiger partial charge in [0.15, 0.2) is 11.3 Å². The van der Waals surface area contributed by atoms with Crippen molar-refractivity contribution in [3.63, 3.8) is 0 Å². The van der Waals surface area contributed by atoms with E-state index in [1.807, 2.05) is 75.4 Å². The molecule has 0 aliphatic rings. The van der Waals surface area contributed by atoms with Gasteiger partial charge in [0.25, 0.3) is 11.8 Å². The van der Waals surface area contributed by atoms with Crippen LogP contribution in [0.5, 0.6) is 0 Å². The SMILES string of the molecule is Cc1ccc(C(=O)Nc2ccc3c(C(=O)NC(C)c4cccnc4)nn(C(C)c4ccccc4)c3n2)cc1. The van der Waals surface area contributed by atoms with Crippen LogP contribution >= 0.6 is 0 Å². The second kappa shape index (κ2) is 10.6. The van der Waals surface area contributed by atoms with Gasteiger partial charge in [-0.3, -0.25) is 14.6 Å². The number of carbonyl (C=O) groups excluding carboxylic acids is 2. The predicted molar refractivity (Wildman–Crippen MR) is 147 cm³/mol. The van der Waals surface area contributed by atoms with Gasteiger partial charge in [0.1, 0.15) is 5.82 Å². The highest BCUT2D eigenvalue weighted by Crippen LogP contribution is 2.27. The number of aromatic nitrogens is 4. The molecule has 0 bridgehead atoms. The molecule has 190 valence electrons. The Morgan fingerprint density at radius 2 is 1.58 bits per heavy atom. The Hall–Kier alpha value is -4.85. The summed E-state index contributed by atoms with van der Waals surface area (Å²) in [6.07, 6.45) is 3.42. The number of hydrogen-bond acceptors (Lipinski definition) is 5. The fraction of sp³-hybridized carbons (Fsp3) is 0.167. The lowest BCUT2D eigenvalue weighted by atomic mass is 10.1. The van der Waals surface area contributed by atoms with Gasteiger partial charge in [-0.05, 0) is 62.2 Å². The standard InChI is InChI=1S/C30H28N6O2/c1-19-11-13-23(14-12-19)29(37)34-26-16-15-25-27(30(38)32-20(2)24-10-7-17-31-18-24)35-36(28(25)33-26)21(3)22-8-5-4-6-9-22/h4-18,20-21H,1-3H3,(H,32,38)(H,33,34,37). The summed E-state index contributed by atoms with van der Waals surface area (Å²) in [5, 5.41) is 11.2. The average molecular weight is 505 g/mol. The summed E-state index contributed by atoms with van der Waals surface area (Å²) in [6, 6.07) is 24.0. The van der Waals surface area contributed by atoms with Crippen LogP contribution in [0.2, 0.25) is 0 Å². The number of nitrogens with one attached hydrogen (secondary N) is 2. The normalized spacial score (nSPS) is 12.6. The molecular formula is C30H28N6O2. The number of nitrogens with zero attached hydrogens (tertiary/aromatic N) is 4. The van der Waals surface area contributed by atoms with Crippen molar-refractivity contribution >= 4 is 28.7 Å². The van der Waals surface area contributed by atoms with Crippen LogP contribution in [-0.4, -0.2) is 31.6 Å². The minimum Gasteiger partial charge on any atom is -0.344 e. The summed E-state index contributed by atoms with van der Waals surface area (Å²) >= 11 is 0. The fourth-order valence-corrected chi connectivity index (χ4v) is 4.27. The third kappa shape index (κ3) is 5.15. The van der Waals surface area contributed by atoms with E-state index in [9.17, 15) is 9.59 Å². The van der Waals surface area contributed by atoms with E-state index in [2.05, 4.69) is 15.6 Å². The summed E-state index contributed by atoms with van der Waals surface area (Å²) in [7, 11) is 0. The van der Waals surface area contributed by atoms with Crippen LogP contribution in [0.15, 0.2) is 91.3 Å². The lowest BCUT2D eigenvalue weighted by Crippen LogP contribution is -2.27. The molecule has 0 saturated heterocycles. The van der Waals surface area contributed by atoms with Crippen LogP contribution in [0.1, 0.15) is 63.5 Å². The number of pyridine rings is 2. The maximum atomic E-state index is 13.4.